The molecule has 0 aliphatic heterocycles. The second-order valence-corrected chi connectivity index (χ2v) is 3.36. The van der Waals surface area contributed by atoms with Crippen molar-refractivity contribution < 1.29 is 9.31 Å². The van der Waals surface area contributed by atoms with E-state index in [0.29, 0.717) is 0 Å². The van der Waals surface area contributed by atoms with Gasteiger partial charge in [-0.2, -0.15) is 0 Å². The first-order valence-electron chi connectivity index (χ1n) is 3.25. The van der Waals surface area contributed by atoms with Gasteiger partial charge in [-0.15, -0.1) is 0 Å². The van der Waals surface area contributed by atoms with Crippen molar-refractivity contribution in [2.75, 3.05) is 0 Å². The van der Waals surface area contributed by atoms with Crippen molar-refractivity contribution in [2.24, 2.45) is 5.11 Å². The van der Waals surface area contributed by atoms with Crippen molar-refractivity contribution in [1.29, 1.82) is 0 Å². The summed E-state index contributed by atoms with van der Waals surface area (Å²) in [6.07, 6.45) is 0. The molecule has 0 heterocycles. The van der Waals surface area contributed by atoms with Crippen LogP contribution >= 0.6 is 22.6 Å². The van der Waals surface area contributed by atoms with Crippen molar-refractivity contribution in [3.8, 4) is 0 Å². The molecule has 0 N–H and O–H groups in total. The van der Waals surface area contributed by atoms with Crippen LogP contribution in [0.2, 0.25) is 0 Å². The van der Waals surface area contributed by atoms with Gasteiger partial charge in [-0.3, -0.25) is 10.1 Å². The molecule has 8 heteroatoms. The van der Waals surface area contributed by atoms with Crippen molar-refractivity contribution in [3.63, 3.8) is 0 Å². The molecule has 0 saturated carbocycles. The fraction of sp³-hybridized carbons (Fsp3) is 0. The van der Waals surface area contributed by atoms with E-state index in [0.717, 1.165) is 12.1 Å². The minimum absolute atomic E-state index is 0.103. The molecular weight excluding hydrogens is 306 g/mol. The molecule has 6 nitrogen and oxygen atoms in total. The largest absolute Gasteiger partial charge is 0.280 e. The van der Waals surface area contributed by atoms with Gasteiger partial charge < -0.3 is 0 Å². The maximum atomic E-state index is 12.9. The topological polar surface area (TPSA) is 91.9 Å². The fourth-order valence-corrected chi connectivity index (χ4v) is 1.25. The predicted octanol–water partition coefficient (Wildman–Crippen LogP) is 3.28. The molecule has 0 atom stereocenters. The number of nitro benzene ring substituents is 1. The number of benzene rings is 1. The summed E-state index contributed by atoms with van der Waals surface area (Å²) in [4.78, 5) is 12.1. The molecule has 1 aromatic carbocycles. The lowest BCUT2D eigenvalue weighted by Crippen LogP contribution is -1.91. The smallest absolute Gasteiger partial charge is 0.258 e. The van der Waals surface area contributed by atoms with E-state index in [2.05, 4.69) is 10.0 Å². The van der Waals surface area contributed by atoms with Crippen LogP contribution in [-0.2, 0) is 0 Å². The lowest BCUT2D eigenvalue weighted by atomic mass is 10.3. The molecule has 0 aromatic heterocycles. The van der Waals surface area contributed by atoms with Gasteiger partial charge in [0.1, 0.15) is 11.5 Å². The molecule has 0 fully saturated rings. The molecule has 0 saturated heterocycles. The van der Waals surface area contributed by atoms with Gasteiger partial charge in [-0.05, 0) is 34.2 Å². The zero-order valence-electron chi connectivity index (χ0n) is 6.52. The van der Waals surface area contributed by atoms with Crippen molar-refractivity contribution in [3.05, 3.63) is 42.1 Å². The van der Waals surface area contributed by atoms with E-state index in [4.69, 9.17) is 5.53 Å². The molecule has 14 heavy (non-hydrogen) atoms. The zero-order valence-corrected chi connectivity index (χ0v) is 8.67. The van der Waals surface area contributed by atoms with E-state index in [1.807, 2.05) is 0 Å². The lowest BCUT2D eigenvalue weighted by Gasteiger charge is -1.98. The molecule has 0 amide bonds. The van der Waals surface area contributed by atoms with Crippen LogP contribution in [0.25, 0.3) is 10.4 Å². The molecule has 0 aliphatic carbocycles. The summed E-state index contributed by atoms with van der Waals surface area (Å²) in [6, 6.07) is 1.85. The summed E-state index contributed by atoms with van der Waals surface area (Å²) in [7, 11) is 0. The SMILES string of the molecule is [N-]=[N+]=Nc1cc(F)c(I)cc1[N+](=O)[O-]. The highest BCUT2D eigenvalue weighted by molar-refractivity contribution is 14.1. The van der Waals surface area contributed by atoms with Crippen molar-refractivity contribution in [1.82, 2.24) is 0 Å². The van der Waals surface area contributed by atoms with E-state index in [1.165, 1.54) is 0 Å². The highest BCUT2D eigenvalue weighted by Gasteiger charge is 2.15. The van der Waals surface area contributed by atoms with Gasteiger partial charge >= 0.3 is 0 Å². The Balaban J connectivity index is 3.45. The van der Waals surface area contributed by atoms with Crippen LogP contribution in [0.15, 0.2) is 17.2 Å². The van der Waals surface area contributed by atoms with Crippen LogP contribution in [0, 0.1) is 19.5 Å². The summed E-state index contributed by atoms with van der Waals surface area (Å²) in [5.74, 6) is -0.654. The molecule has 1 rings (SSSR count). The van der Waals surface area contributed by atoms with Gasteiger partial charge in [0.15, 0.2) is 0 Å². The van der Waals surface area contributed by atoms with E-state index in [9.17, 15) is 14.5 Å². The zero-order chi connectivity index (χ0) is 10.7. The normalized spacial score (nSPS) is 9.29. The van der Waals surface area contributed by atoms with Gasteiger partial charge in [-0.1, -0.05) is 5.11 Å². The van der Waals surface area contributed by atoms with Gasteiger partial charge in [0.25, 0.3) is 5.69 Å². The summed E-state index contributed by atoms with van der Waals surface area (Å²) in [6.45, 7) is 0. The highest BCUT2D eigenvalue weighted by atomic mass is 127. The summed E-state index contributed by atoms with van der Waals surface area (Å²) in [5.41, 5.74) is 7.37. The maximum absolute atomic E-state index is 12.9. The molecule has 1 aromatic rings. The minimum atomic E-state index is -0.731. The van der Waals surface area contributed by atoms with Crippen molar-refractivity contribution in [2.45, 2.75) is 0 Å². The van der Waals surface area contributed by atoms with Gasteiger partial charge in [0.05, 0.1) is 8.49 Å². The number of nitro groups is 1. The third kappa shape index (κ3) is 2.09. The summed E-state index contributed by atoms with van der Waals surface area (Å²) >= 11 is 1.61. The Morgan fingerprint density at radius 3 is 2.79 bits per heavy atom. The van der Waals surface area contributed by atoms with Gasteiger partial charge in [-0.25, -0.2) is 4.39 Å². The summed E-state index contributed by atoms with van der Waals surface area (Å²) in [5, 5.41) is 13.5. The number of hydrogen-bond acceptors (Lipinski definition) is 3. The average molecular weight is 308 g/mol. The number of rotatable bonds is 2. The van der Waals surface area contributed by atoms with Gasteiger partial charge in [0.2, 0.25) is 0 Å². The quantitative estimate of drug-likeness (QED) is 0.209. The maximum Gasteiger partial charge on any atom is 0.280 e. The molecule has 0 spiro atoms. The number of hydrogen-bond donors (Lipinski definition) is 0. The predicted molar refractivity (Wildman–Crippen MR) is 54.6 cm³/mol. The first kappa shape index (κ1) is 10.7. The second kappa shape index (κ2) is 4.20. The third-order valence-electron chi connectivity index (χ3n) is 1.37. The Bertz CT molecular complexity index is 417. The number of azide groups is 1. The van der Waals surface area contributed by atoms with E-state index in [1.54, 1.807) is 22.6 Å². The lowest BCUT2D eigenvalue weighted by molar-refractivity contribution is -0.384. The second-order valence-electron chi connectivity index (χ2n) is 2.20. The Labute approximate surface area is 90.6 Å². The molecule has 0 bridgehead atoms. The minimum Gasteiger partial charge on any atom is -0.258 e. The molecular formula is C6H2FIN4O2. The Kier molecular flexibility index (Phi) is 3.20. The highest BCUT2D eigenvalue weighted by Crippen LogP contribution is 2.30. The molecule has 0 aliphatic rings. The van der Waals surface area contributed by atoms with Crippen LogP contribution in [0.3, 0.4) is 0 Å². The van der Waals surface area contributed by atoms with Crippen LogP contribution in [-0.4, -0.2) is 4.92 Å². The van der Waals surface area contributed by atoms with Gasteiger partial charge in [0, 0.05) is 11.0 Å². The van der Waals surface area contributed by atoms with E-state index < -0.39 is 16.4 Å². The first-order chi connectivity index (χ1) is 6.56. The monoisotopic (exact) mass is 308 g/mol. The van der Waals surface area contributed by atoms with Crippen LogP contribution < -0.4 is 0 Å². The standard InChI is InChI=1S/C6H2FIN4O2/c7-3-1-5(10-11-9)6(12(13)14)2-4(3)8/h1-2H. The fourth-order valence-electron chi connectivity index (χ4n) is 0.800. The summed E-state index contributed by atoms with van der Waals surface area (Å²) < 4.78 is 13.0. The van der Waals surface area contributed by atoms with E-state index >= 15 is 0 Å². The molecule has 0 unspecified atom stereocenters. The molecule has 72 valence electrons. The average Bonchev–Trinajstić information content (AvgIpc) is 2.11. The van der Waals surface area contributed by atoms with Crippen LogP contribution in [0.5, 0.6) is 0 Å². The third-order valence-corrected chi connectivity index (χ3v) is 2.19. The van der Waals surface area contributed by atoms with Crippen molar-refractivity contribution >= 4 is 34.0 Å². The first-order valence-corrected chi connectivity index (χ1v) is 4.32. The van der Waals surface area contributed by atoms with E-state index in [-0.39, 0.29) is 9.26 Å². The number of halogens is 2. The molecule has 0 radical (unpaired) electrons. The Morgan fingerprint density at radius 1 is 1.64 bits per heavy atom. The van der Waals surface area contributed by atoms with Crippen LogP contribution in [0.1, 0.15) is 0 Å². The Hall–Kier alpha value is -1.41. The Morgan fingerprint density at radius 2 is 2.29 bits per heavy atom. The number of nitrogens with zero attached hydrogens (tertiary/aromatic N) is 4. The van der Waals surface area contributed by atoms with Crippen LogP contribution in [0.4, 0.5) is 15.8 Å².